The lowest BCUT2D eigenvalue weighted by molar-refractivity contribution is 0.152. The van der Waals surface area contributed by atoms with Crippen molar-refractivity contribution in [2.45, 2.75) is 13.3 Å². The van der Waals surface area contributed by atoms with Crippen LogP contribution in [0.15, 0.2) is 25.2 Å². The Morgan fingerprint density at radius 2 is 2.30 bits per heavy atom. The Bertz CT molecular complexity index is 108. The fraction of sp³-hybridized carbons (Fsp3) is 0.500. The van der Waals surface area contributed by atoms with Crippen molar-refractivity contribution in [1.82, 2.24) is 0 Å². The SMILES string of the molecule is C=COCC(=C)OCCC. The van der Waals surface area contributed by atoms with Crippen LogP contribution in [-0.2, 0) is 9.47 Å². The highest BCUT2D eigenvalue weighted by Crippen LogP contribution is 1.95. The molecule has 10 heavy (non-hydrogen) atoms. The Morgan fingerprint density at radius 3 is 2.80 bits per heavy atom. The molecule has 0 saturated heterocycles. The zero-order chi connectivity index (χ0) is 7.82. The van der Waals surface area contributed by atoms with Crippen LogP contribution < -0.4 is 0 Å². The van der Waals surface area contributed by atoms with E-state index in [1.807, 2.05) is 6.92 Å². The minimum absolute atomic E-state index is 0.406. The molecule has 0 aliphatic heterocycles. The van der Waals surface area contributed by atoms with Crippen molar-refractivity contribution in [2.75, 3.05) is 13.2 Å². The van der Waals surface area contributed by atoms with E-state index in [4.69, 9.17) is 9.47 Å². The topological polar surface area (TPSA) is 18.5 Å². The molecule has 0 spiro atoms. The fourth-order valence-corrected chi connectivity index (χ4v) is 0.440. The molecule has 0 rings (SSSR count). The molecule has 2 nitrogen and oxygen atoms in total. The van der Waals surface area contributed by atoms with Crippen molar-refractivity contribution in [1.29, 1.82) is 0 Å². The lowest BCUT2D eigenvalue weighted by atomic mass is 10.5. The van der Waals surface area contributed by atoms with Crippen LogP contribution in [0.3, 0.4) is 0 Å². The maximum absolute atomic E-state index is 5.13. The first kappa shape index (κ1) is 9.08. The summed E-state index contributed by atoms with van der Waals surface area (Å²) in [5.41, 5.74) is 0. The highest BCUT2D eigenvalue weighted by atomic mass is 16.5. The molecule has 0 fully saturated rings. The average Bonchev–Trinajstić information content (AvgIpc) is 1.97. The summed E-state index contributed by atoms with van der Waals surface area (Å²) < 4.78 is 9.96. The van der Waals surface area contributed by atoms with Gasteiger partial charge >= 0.3 is 0 Å². The summed E-state index contributed by atoms with van der Waals surface area (Å²) in [6, 6.07) is 0. The van der Waals surface area contributed by atoms with Gasteiger partial charge in [0.25, 0.3) is 0 Å². The Morgan fingerprint density at radius 1 is 1.60 bits per heavy atom. The van der Waals surface area contributed by atoms with Crippen LogP contribution in [0.1, 0.15) is 13.3 Å². The van der Waals surface area contributed by atoms with Crippen molar-refractivity contribution in [2.24, 2.45) is 0 Å². The van der Waals surface area contributed by atoms with Gasteiger partial charge in [0.2, 0.25) is 0 Å². The van der Waals surface area contributed by atoms with Crippen LogP contribution in [0.25, 0.3) is 0 Å². The van der Waals surface area contributed by atoms with Crippen molar-refractivity contribution in [3.63, 3.8) is 0 Å². The van der Waals surface area contributed by atoms with E-state index < -0.39 is 0 Å². The molecule has 0 aliphatic carbocycles. The van der Waals surface area contributed by atoms with Gasteiger partial charge in [-0.1, -0.05) is 20.1 Å². The summed E-state index contributed by atoms with van der Waals surface area (Å²) in [6.07, 6.45) is 2.37. The van der Waals surface area contributed by atoms with E-state index in [9.17, 15) is 0 Å². The second kappa shape index (κ2) is 6.20. The van der Waals surface area contributed by atoms with Crippen molar-refractivity contribution in [3.05, 3.63) is 25.2 Å². The molecule has 0 saturated carbocycles. The molecule has 0 aromatic heterocycles. The standard InChI is InChI=1S/C8H14O2/c1-4-6-10-8(3)7-9-5-2/h5H,2-4,6-7H2,1H3. The molecule has 0 aromatic rings. The molecule has 0 amide bonds. The Hall–Kier alpha value is -0.920. The number of hydrogen-bond donors (Lipinski definition) is 0. The van der Waals surface area contributed by atoms with Crippen molar-refractivity contribution >= 4 is 0 Å². The first-order valence-electron chi connectivity index (χ1n) is 3.34. The third-order valence-corrected chi connectivity index (χ3v) is 0.872. The first-order valence-corrected chi connectivity index (χ1v) is 3.34. The van der Waals surface area contributed by atoms with E-state index in [2.05, 4.69) is 13.2 Å². The monoisotopic (exact) mass is 142 g/mol. The third kappa shape index (κ3) is 5.22. The molecule has 0 atom stereocenters. The average molecular weight is 142 g/mol. The summed E-state index contributed by atoms with van der Waals surface area (Å²) in [7, 11) is 0. The maximum atomic E-state index is 5.13. The minimum Gasteiger partial charge on any atom is -0.495 e. The second-order valence-electron chi connectivity index (χ2n) is 1.86. The third-order valence-electron chi connectivity index (χ3n) is 0.872. The van der Waals surface area contributed by atoms with Crippen molar-refractivity contribution < 1.29 is 9.47 Å². The van der Waals surface area contributed by atoms with Gasteiger partial charge < -0.3 is 9.47 Å². The summed E-state index contributed by atoms with van der Waals surface area (Å²) >= 11 is 0. The normalized spacial score (nSPS) is 8.50. The molecule has 0 radical (unpaired) electrons. The van der Waals surface area contributed by atoms with Crippen LogP contribution in [0.2, 0.25) is 0 Å². The van der Waals surface area contributed by atoms with E-state index in [0.29, 0.717) is 19.0 Å². The van der Waals surface area contributed by atoms with E-state index in [-0.39, 0.29) is 0 Å². The predicted molar refractivity (Wildman–Crippen MR) is 41.5 cm³/mol. The zero-order valence-corrected chi connectivity index (χ0v) is 6.43. The Labute approximate surface area is 62.1 Å². The number of ether oxygens (including phenoxy) is 2. The summed E-state index contributed by atoms with van der Waals surface area (Å²) in [5, 5.41) is 0. The molecule has 0 aliphatic rings. The second-order valence-corrected chi connectivity index (χ2v) is 1.86. The van der Waals surface area contributed by atoms with Gasteiger partial charge in [-0.25, -0.2) is 0 Å². The van der Waals surface area contributed by atoms with E-state index >= 15 is 0 Å². The van der Waals surface area contributed by atoms with Gasteiger partial charge in [-0.05, 0) is 6.42 Å². The molecule has 0 bridgehead atoms. The van der Waals surface area contributed by atoms with Crippen LogP contribution >= 0.6 is 0 Å². The predicted octanol–water partition coefficient (Wildman–Crippen LogP) is 2.09. The quantitative estimate of drug-likeness (QED) is 0.529. The van der Waals surface area contributed by atoms with Gasteiger partial charge in [-0.3, -0.25) is 0 Å². The minimum atomic E-state index is 0.406. The Kier molecular flexibility index (Phi) is 5.63. The van der Waals surface area contributed by atoms with Crippen LogP contribution in [0.4, 0.5) is 0 Å². The highest BCUT2D eigenvalue weighted by Gasteiger charge is 1.90. The van der Waals surface area contributed by atoms with Gasteiger partial charge in [0, 0.05) is 0 Å². The van der Waals surface area contributed by atoms with E-state index in [0.717, 1.165) is 6.42 Å². The van der Waals surface area contributed by atoms with Crippen molar-refractivity contribution in [3.8, 4) is 0 Å². The van der Waals surface area contributed by atoms with Crippen LogP contribution in [-0.4, -0.2) is 13.2 Å². The molecule has 2 heteroatoms. The molecule has 0 heterocycles. The molecular weight excluding hydrogens is 128 g/mol. The van der Waals surface area contributed by atoms with E-state index in [1.165, 1.54) is 6.26 Å². The Balaban J connectivity index is 3.16. The van der Waals surface area contributed by atoms with Gasteiger partial charge in [0.1, 0.15) is 12.4 Å². The lowest BCUT2D eigenvalue weighted by Crippen LogP contribution is -1.98. The molecule has 0 aromatic carbocycles. The molecular formula is C8H14O2. The highest BCUT2D eigenvalue weighted by molar-refractivity contribution is 4.82. The van der Waals surface area contributed by atoms with Gasteiger partial charge in [0.05, 0.1) is 12.9 Å². The number of rotatable bonds is 6. The lowest BCUT2D eigenvalue weighted by Gasteiger charge is -2.06. The zero-order valence-electron chi connectivity index (χ0n) is 6.43. The fourth-order valence-electron chi connectivity index (χ4n) is 0.440. The summed E-state index contributed by atoms with van der Waals surface area (Å²) in [6.45, 7) is 10.2. The van der Waals surface area contributed by atoms with Gasteiger partial charge in [0.15, 0.2) is 0 Å². The maximum Gasteiger partial charge on any atom is 0.144 e. The first-order chi connectivity index (χ1) is 4.81. The van der Waals surface area contributed by atoms with Gasteiger partial charge in [-0.2, -0.15) is 0 Å². The van der Waals surface area contributed by atoms with Gasteiger partial charge in [-0.15, -0.1) is 0 Å². The van der Waals surface area contributed by atoms with Crippen LogP contribution in [0.5, 0.6) is 0 Å². The smallest absolute Gasteiger partial charge is 0.144 e. The molecule has 0 N–H and O–H groups in total. The molecule has 0 unspecified atom stereocenters. The van der Waals surface area contributed by atoms with E-state index in [1.54, 1.807) is 0 Å². The molecule has 58 valence electrons. The summed E-state index contributed by atoms with van der Waals surface area (Å²) in [5.74, 6) is 0.654. The summed E-state index contributed by atoms with van der Waals surface area (Å²) in [4.78, 5) is 0. The number of hydrogen-bond acceptors (Lipinski definition) is 2. The van der Waals surface area contributed by atoms with Crippen LogP contribution in [0, 0.1) is 0 Å². The largest absolute Gasteiger partial charge is 0.495 e.